The fraction of sp³-hybridized carbons (Fsp3) is 0.353. The monoisotopic (exact) mass is 355 g/mol. The molecule has 0 saturated carbocycles. The van der Waals surface area contributed by atoms with E-state index in [4.69, 9.17) is 0 Å². The van der Waals surface area contributed by atoms with Gasteiger partial charge in [-0.2, -0.15) is 0 Å². The SMILES string of the molecule is CNNC1=C(C)C=CC(C(=O)Nc2cccc(OC(F)(F)F)c2)C1C. The Kier molecular flexibility index (Phi) is 5.73. The maximum Gasteiger partial charge on any atom is 0.573 e. The summed E-state index contributed by atoms with van der Waals surface area (Å²) in [7, 11) is 1.73. The fourth-order valence-corrected chi connectivity index (χ4v) is 2.70. The van der Waals surface area contributed by atoms with Gasteiger partial charge in [0.1, 0.15) is 5.75 Å². The van der Waals surface area contributed by atoms with Crippen LogP contribution in [0.5, 0.6) is 5.75 Å². The molecule has 1 aliphatic rings. The molecule has 0 bridgehead atoms. The Morgan fingerprint density at radius 2 is 2.00 bits per heavy atom. The Bertz CT molecular complexity index is 699. The molecule has 3 N–H and O–H groups in total. The van der Waals surface area contributed by atoms with Crippen LogP contribution in [0, 0.1) is 11.8 Å². The Morgan fingerprint density at radius 3 is 2.64 bits per heavy atom. The molecular weight excluding hydrogens is 335 g/mol. The number of halogens is 3. The zero-order valence-corrected chi connectivity index (χ0v) is 14.1. The lowest BCUT2D eigenvalue weighted by Crippen LogP contribution is -2.37. The van der Waals surface area contributed by atoms with Crippen LogP contribution in [-0.4, -0.2) is 19.3 Å². The smallest absolute Gasteiger partial charge is 0.406 e. The maximum atomic E-state index is 12.5. The van der Waals surface area contributed by atoms with E-state index in [0.29, 0.717) is 0 Å². The summed E-state index contributed by atoms with van der Waals surface area (Å²) in [4.78, 5) is 12.5. The van der Waals surface area contributed by atoms with Gasteiger partial charge in [0.2, 0.25) is 5.91 Å². The molecular formula is C17H20F3N3O2. The third-order valence-corrected chi connectivity index (χ3v) is 3.87. The number of ether oxygens (including phenoxy) is 1. The van der Waals surface area contributed by atoms with Crippen LogP contribution in [-0.2, 0) is 4.79 Å². The van der Waals surface area contributed by atoms with E-state index in [1.54, 1.807) is 13.1 Å². The molecule has 2 rings (SSSR count). The zero-order valence-electron chi connectivity index (χ0n) is 14.1. The van der Waals surface area contributed by atoms with Crippen LogP contribution in [0.25, 0.3) is 0 Å². The molecule has 2 unspecified atom stereocenters. The summed E-state index contributed by atoms with van der Waals surface area (Å²) in [5, 5.41) is 2.64. The number of benzene rings is 1. The van der Waals surface area contributed by atoms with E-state index in [1.807, 2.05) is 19.9 Å². The van der Waals surface area contributed by atoms with E-state index in [-0.39, 0.29) is 23.3 Å². The lowest BCUT2D eigenvalue weighted by Gasteiger charge is -2.28. The average Bonchev–Trinajstić information content (AvgIpc) is 2.50. The number of alkyl halides is 3. The predicted octanol–water partition coefficient (Wildman–Crippen LogP) is 3.34. The molecule has 1 aromatic carbocycles. The van der Waals surface area contributed by atoms with Gasteiger partial charge < -0.3 is 15.5 Å². The number of carbonyl (C=O) groups excluding carboxylic acids is 1. The lowest BCUT2D eigenvalue weighted by atomic mass is 9.84. The highest BCUT2D eigenvalue weighted by Gasteiger charge is 2.32. The van der Waals surface area contributed by atoms with E-state index in [0.717, 1.165) is 17.3 Å². The van der Waals surface area contributed by atoms with Crippen LogP contribution in [0.2, 0.25) is 0 Å². The van der Waals surface area contributed by atoms with Gasteiger partial charge in [0, 0.05) is 30.4 Å². The summed E-state index contributed by atoms with van der Waals surface area (Å²) in [5.41, 5.74) is 7.99. The van der Waals surface area contributed by atoms with E-state index in [2.05, 4.69) is 20.9 Å². The quantitative estimate of drug-likeness (QED) is 0.709. The van der Waals surface area contributed by atoms with Crippen LogP contribution < -0.4 is 20.9 Å². The summed E-state index contributed by atoms with van der Waals surface area (Å²) in [6.07, 6.45) is -1.15. The highest BCUT2D eigenvalue weighted by Crippen LogP contribution is 2.30. The Balaban J connectivity index is 2.10. The number of nitrogens with one attached hydrogen (secondary N) is 3. The number of amides is 1. The molecule has 1 aromatic rings. The molecule has 0 fully saturated rings. The van der Waals surface area contributed by atoms with Gasteiger partial charge in [-0.15, -0.1) is 13.2 Å². The van der Waals surface area contributed by atoms with E-state index >= 15 is 0 Å². The standard InChI is InChI=1S/C17H20F3N3O2/c1-10-7-8-14(11(2)15(10)23-21-3)16(24)22-12-5-4-6-13(9-12)25-17(18,19)20/h4-9,11,14,21,23H,1-3H3,(H,22,24). The van der Waals surface area contributed by atoms with Crippen molar-refractivity contribution in [3.63, 3.8) is 0 Å². The van der Waals surface area contributed by atoms with Crippen molar-refractivity contribution in [1.82, 2.24) is 10.9 Å². The van der Waals surface area contributed by atoms with Crippen molar-refractivity contribution in [3.05, 3.63) is 47.7 Å². The normalized spacial score (nSPS) is 20.4. The van der Waals surface area contributed by atoms with Crippen LogP contribution in [0.4, 0.5) is 18.9 Å². The van der Waals surface area contributed by atoms with Crippen molar-refractivity contribution in [2.75, 3.05) is 12.4 Å². The molecule has 8 heteroatoms. The second-order valence-corrected chi connectivity index (χ2v) is 5.71. The van der Waals surface area contributed by atoms with E-state index in [9.17, 15) is 18.0 Å². The number of carbonyl (C=O) groups is 1. The molecule has 0 spiro atoms. The van der Waals surface area contributed by atoms with Gasteiger partial charge in [0.25, 0.3) is 0 Å². The first-order chi connectivity index (χ1) is 11.7. The number of rotatable bonds is 5. The summed E-state index contributed by atoms with van der Waals surface area (Å²) >= 11 is 0. The second-order valence-electron chi connectivity index (χ2n) is 5.71. The van der Waals surface area contributed by atoms with Crippen LogP contribution in [0.1, 0.15) is 13.8 Å². The van der Waals surface area contributed by atoms with Crippen molar-refractivity contribution >= 4 is 11.6 Å². The van der Waals surface area contributed by atoms with Gasteiger partial charge in [-0.1, -0.05) is 25.1 Å². The third kappa shape index (κ3) is 4.99. The minimum absolute atomic E-state index is 0.118. The van der Waals surface area contributed by atoms with E-state index < -0.39 is 12.3 Å². The van der Waals surface area contributed by atoms with Gasteiger partial charge in [-0.25, -0.2) is 5.43 Å². The van der Waals surface area contributed by atoms with Gasteiger partial charge in [0.05, 0.1) is 5.92 Å². The number of anilines is 1. The van der Waals surface area contributed by atoms with Gasteiger partial charge in [-0.3, -0.25) is 4.79 Å². The van der Waals surface area contributed by atoms with Crippen molar-refractivity contribution in [2.24, 2.45) is 11.8 Å². The molecule has 5 nitrogen and oxygen atoms in total. The Labute approximate surface area is 143 Å². The number of hydrazine groups is 1. The minimum atomic E-state index is -4.78. The van der Waals surface area contributed by atoms with Crippen molar-refractivity contribution in [3.8, 4) is 5.75 Å². The van der Waals surface area contributed by atoms with Crippen molar-refractivity contribution in [1.29, 1.82) is 0 Å². The first kappa shape index (κ1) is 18.9. The Hall–Kier alpha value is -2.48. The fourth-order valence-electron chi connectivity index (χ4n) is 2.70. The molecule has 0 radical (unpaired) electrons. The molecule has 0 aliphatic heterocycles. The number of hydrogen-bond donors (Lipinski definition) is 3. The van der Waals surface area contributed by atoms with Gasteiger partial charge in [0.15, 0.2) is 0 Å². The predicted molar refractivity (Wildman–Crippen MR) is 88.4 cm³/mol. The topological polar surface area (TPSA) is 62.4 Å². The molecule has 0 saturated heterocycles. The summed E-state index contributed by atoms with van der Waals surface area (Å²) in [5.74, 6) is -1.26. The second kappa shape index (κ2) is 7.60. The summed E-state index contributed by atoms with van der Waals surface area (Å²) < 4.78 is 40.7. The Morgan fingerprint density at radius 1 is 1.28 bits per heavy atom. The van der Waals surface area contributed by atoms with Crippen LogP contribution >= 0.6 is 0 Å². The number of allylic oxidation sites excluding steroid dienone is 3. The highest BCUT2D eigenvalue weighted by atomic mass is 19.4. The maximum absolute atomic E-state index is 12.5. The third-order valence-electron chi connectivity index (χ3n) is 3.87. The summed E-state index contributed by atoms with van der Waals surface area (Å²) in [6.45, 7) is 3.83. The first-order valence-corrected chi connectivity index (χ1v) is 7.69. The minimum Gasteiger partial charge on any atom is -0.406 e. The molecule has 2 atom stereocenters. The molecule has 1 aliphatic carbocycles. The zero-order chi connectivity index (χ0) is 18.6. The molecule has 136 valence electrons. The lowest BCUT2D eigenvalue weighted by molar-refractivity contribution is -0.274. The molecule has 0 heterocycles. The van der Waals surface area contributed by atoms with Crippen LogP contribution in [0.15, 0.2) is 47.7 Å². The molecule has 0 aromatic heterocycles. The number of hydrogen-bond acceptors (Lipinski definition) is 4. The molecule has 1 amide bonds. The van der Waals surface area contributed by atoms with Crippen molar-refractivity contribution in [2.45, 2.75) is 20.2 Å². The average molecular weight is 355 g/mol. The van der Waals surface area contributed by atoms with Gasteiger partial charge >= 0.3 is 6.36 Å². The largest absolute Gasteiger partial charge is 0.573 e. The van der Waals surface area contributed by atoms with Crippen molar-refractivity contribution < 1.29 is 22.7 Å². The molecule has 25 heavy (non-hydrogen) atoms. The van der Waals surface area contributed by atoms with E-state index in [1.165, 1.54) is 18.2 Å². The van der Waals surface area contributed by atoms with Crippen LogP contribution in [0.3, 0.4) is 0 Å². The first-order valence-electron chi connectivity index (χ1n) is 7.69. The van der Waals surface area contributed by atoms with Gasteiger partial charge in [-0.05, 0) is 24.6 Å². The highest BCUT2D eigenvalue weighted by molar-refractivity contribution is 5.94. The summed E-state index contributed by atoms with van der Waals surface area (Å²) in [6, 6.07) is 5.20.